The van der Waals surface area contributed by atoms with E-state index in [0.29, 0.717) is 11.6 Å². The molecule has 11 heteroatoms. The lowest BCUT2D eigenvalue weighted by Gasteiger charge is -2.10. The summed E-state index contributed by atoms with van der Waals surface area (Å²) in [5.41, 5.74) is 2.45. The van der Waals surface area contributed by atoms with Gasteiger partial charge in [-0.15, -0.1) is 0 Å². The number of hydrogen-bond acceptors (Lipinski definition) is 5. The largest absolute Gasteiger partial charge is 0.261 e. The second-order valence-corrected chi connectivity index (χ2v) is 6.25. The van der Waals surface area contributed by atoms with Crippen LogP contribution in [0.25, 0.3) is 5.82 Å². The van der Waals surface area contributed by atoms with Crippen LogP contribution in [0.4, 0.5) is 27.8 Å². The minimum atomic E-state index is -2.23. The Balaban J connectivity index is 1.98. The van der Waals surface area contributed by atoms with Crippen LogP contribution >= 0.6 is 0 Å². The maximum atomic E-state index is 13.9. The fraction of sp³-hybridized carbons (Fsp3) is 0.222. The number of hydrogen-bond donors (Lipinski definition) is 1. The molecule has 2 heterocycles. The summed E-state index contributed by atoms with van der Waals surface area (Å²) in [7, 11) is 0. The molecule has 0 saturated heterocycles. The van der Waals surface area contributed by atoms with Crippen molar-refractivity contribution in [1.29, 1.82) is 0 Å². The number of aryl methyl sites for hydroxylation is 3. The molecule has 1 N–H and O–H groups in total. The van der Waals surface area contributed by atoms with Gasteiger partial charge in [-0.25, -0.2) is 36.6 Å². The Morgan fingerprint density at radius 2 is 1.48 bits per heavy atom. The molecule has 2 aromatic heterocycles. The van der Waals surface area contributed by atoms with Crippen LogP contribution in [0.3, 0.4) is 0 Å². The Labute approximate surface area is 162 Å². The van der Waals surface area contributed by atoms with Gasteiger partial charge in [0.15, 0.2) is 34.9 Å². The number of rotatable bonds is 4. The minimum absolute atomic E-state index is 0.142. The lowest BCUT2D eigenvalue weighted by Crippen LogP contribution is -2.13. The Hall–Kier alpha value is -3.37. The second-order valence-electron chi connectivity index (χ2n) is 6.25. The number of hydrazone groups is 1. The Morgan fingerprint density at radius 1 is 0.897 bits per heavy atom. The van der Waals surface area contributed by atoms with E-state index in [0.717, 1.165) is 18.3 Å². The van der Waals surface area contributed by atoms with Crippen LogP contribution in [0.1, 0.15) is 29.7 Å². The number of aromatic nitrogens is 4. The average Bonchev–Trinajstić information content (AvgIpc) is 3.01. The Kier molecular flexibility index (Phi) is 5.31. The predicted molar refractivity (Wildman–Crippen MR) is 95.4 cm³/mol. The highest BCUT2D eigenvalue weighted by atomic mass is 19.2. The van der Waals surface area contributed by atoms with Crippen molar-refractivity contribution in [1.82, 2.24) is 19.7 Å². The quantitative estimate of drug-likeness (QED) is 0.231. The molecule has 0 radical (unpaired) electrons. The molecule has 29 heavy (non-hydrogen) atoms. The Bertz CT molecular complexity index is 1110. The zero-order chi connectivity index (χ0) is 21.5. The minimum Gasteiger partial charge on any atom is -0.261 e. The summed E-state index contributed by atoms with van der Waals surface area (Å²) < 4.78 is 69.4. The van der Waals surface area contributed by atoms with E-state index in [9.17, 15) is 22.0 Å². The van der Waals surface area contributed by atoms with Gasteiger partial charge in [0, 0.05) is 11.8 Å². The summed E-state index contributed by atoms with van der Waals surface area (Å²) in [6.07, 6.45) is 0. The zero-order valence-corrected chi connectivity index (χ0v) is 15.8. The van der Waals surface area contributed by atoms with Crippen LogP contribution in [-0.4, -0.2) is 25.5 Å². The fourth-order valence-corrected chi connectivity index (χ4v) is 2.70. The van der Waals surface area contributed by atoms with Crippen LogP contribution < -0.4 is 5.43 Å². The molecule has 0 fully saturated rings. The van der Waals surface area contributed by atoms with Crippen molar-refractivity contribution in [2.75, 3.05) is 5.43 Å². The van der Waals surface area contributed by atoms with E-state index in [4.69, 9.17) is 0 Å². The third-order valence-corrected chi connectivity index (χ3v) is 3.96. The molecule has 1 aromatic carbocycles. The molecule has 0 aliphatic carbocycles. The molecule has 0 spiro atoms. The first-order chi connectivity index (χ1) is 13.6. The molecular weight excluding hydrogens is 395 g/mol. The highest BCUT2D eigenvalue weighted by molar-refractivity contribution is 5.99. The van der Waals surface area contributed by atoms with Crippen molar-refractivity contribution in [3.8, 4) is 5.82 Å². The molecule has 0 aliphatic heterocycles. The highest BCUT2D eigenvalue weighted by Gasteiger charge is 2.27. The number of halogens is 5. The molecule has 0 unspecified atom stereocenters. The van der Waals surface area contributed by atoms with Gasteiger partial charge in [-0.1, -0.05) is 0 Å². The lowest BCUT2D eigenvalue weighted by atomic mass is 10.1. The van der Waals surface area contributed by atoms with Gasteiger partial charge in [-0.3, -0.25) is 5.43 Å². The van der Waals surface area contributed by atoms with E-state index in [1.165, 1.54) is 6.07 Å². The maximum Gasteiger partial charge on any atom is 0.200 e. The van der Waals surface area contributed by atoms with Gasteiger partial charge in [0.25, 0.3) is 0 Å². The van der Waals surface area contributed by atoms with Gasteiger partial charge < -0.3 is 0 Å². The Morgan fingerprint density at radius 3 is 2.03 bits per heavy atom. The zero-order valence-electron chi connectivity index (χ0n) is 15.8. The maximum absolute atomic E-state index is 13.9. The number of nitrogens with zero attached hydrogens (tertiary/aromatic N) is 5. The van der Waals surface area contributed by atoms with E-state index in [2.05, 4.69) is 25.6 Å². The smallest absolute Gasteiger partial charge is 0.200 e. The topological polar surface area (TPSA) is 68.0 Å². The van der Waals surface area contributed by atoms with Crippen LogP contribution in [0, 0.1) is 49.9 Å². The van der Waals surface area contributed by atoms with Gasteiger partial charge in [0.05, 0.1) is 17.0 Å². The summed E-state index contributed by atoms with van der Waals surface area (Å²) in [5.74, 6) is -9.35. The first kappa shape index (κ1) is 20.4. The molecule has 0 amide bonds. The van der Waals surface area contributed by atoms with Crippen LogP contribution in [-0.2, 0) is 0 Å². The van der Waals surface area contributed by atoms with E-state index in [1.54, 1.807) is 11.6 Å². The van der Waals surface area contributed by atoms with Crippen molar-refractivity contribution in [2.24, 2.45) is 5.10 Å². The van der Waals surface area contributed by atoms with Gasteiger partial charge in [0.1, 0.15) is 5.82 Å². The SMILES string of the molecule is C/C(=N/Nc1cc(-n2nc(C)cc2C)nc(C)n1)c1c(F)c(F)c(F)c(F)c1F. The van der Waals surface area contributed by atoms with E-state index in [1.807, 2.05) is 19.9 Å². The van der Waals surface area contributed by atoms with Crippen LogP contribution in [0.15, 0.2) is 17.2 Å². The fourth-order valence-electron chi connectivity index (χ4n) is 2.70. The van der Waals surface area contributed by atoms with Crippen molar-refractivity contribution >= 4 is 11.5 Å². The number of nitrogens with one attached hydrogen (secondary N) is 1. The average molecular weight is 410 g/mol. The molecule has 0 atom stereocenters. The van der Waals surface area contributed by atoms with E-state index >= 15 is 0 Å². The summed E-state index contributed by atoms with van der Waals surface area (Å²) in [5, 5.41) is 8.01. The van der Waals surface area contributed by atoms with Crippen molar-refractivity contribution in [3.05, 3.63) is 64.0 Å². The molecule has 3 rings (SSSR count). The summed E-state index contributed by atoms with van der Waals surface area (Å²) >= 11 is 0. The van der Waals surface area contributed by atoms with Crippen LogP contribution in [0.5, 0.6) is 0 Å². The predicted octanol–water partition coefficient (Wildman–Crippen LogP) is 4.12. The first-order valence-electron chi connectivity index (χ1n) is 8.31. The highest BCUT2D eigenvalue weighted by Crippen LogP contribution is 2.24. The van der Waals surface area contributed by atoms with E-state index in [-0.39, 0.29) is 5.82 Å². The van der Waals surface area contributed by atoms with Crippen LogP contribution in [0.2, 0.25) is 0 Å². The second kappa shape index (κ2) is 7.57. The third kappa shape index (κ3) is 3.80. The molecule has 152 valence electrons. The van der Waals surface area contributed by atoms with Gasteiger partial charge >= 0.3 is 0 Å². The standard InChI is InChI=1S/C18H15F5N6/c1-7-5-8(2)29(28-7)12-6-11(24-10(4)25-12)27-26-9(3)13-14(19)16(21)18(23)17(22)15(13)20/h5-6H,1-4H3,(H,24,25,27)/b26-9-. The summed E-state index contributed by atoms with van der Waals surface area (Å²) in [6.45, 7) is 6.35. The van der Waals surface area contributed by atoms with Crippen molar-refractivity contribution in [2.45, 2.75) is 27.7 Å². The molecule has 0 bridgehead atoms. The molecule has 0 saturated carbocycles. The normalized spacial score (nSPS) is 11.8. The molecule has 6 nitrogen and oxygen atoms in total. The first-order valence-corrected chi connectivity index (χ1v) is 8.31. The summed E-state index contributed by atoms with van der Waals surface area (Å²) in [6, 6.07) is 3.32. The van der Waals surface area contributed by atoms with E-state index < -0.39 is 40.4 Å². The third-order valence-electron chi connectivity index (χ3n) is 3.96. The van der Waals surface area contributed by atoms with Gasteiger partial charge in [0.2, 0.25) is 5.82 Å². The summed E-state index contributed by atoms with van der Waals surface area (Å²) in [4.78, 5) is 8.35. The lowest BCUT2D eigenvalue weighted by molar-refractivity contribution is 0.377. The number of anilines is 1. The molecule has 3 aromatic rings. The molecule has 0 aliphatic rings. The monoisotopic (exact) mass is 410 g/mol. The molecular formula is C18H15F5N6. The van der Waals surface area contributed by atoms with Gasteiger partial charge in [-0.2, -0.15) is 10.2 Å². The van der Waals surface area contributed by atoms with Crippen molar-refractivity contribution < 1.29 is 22.0 Å². The van der Waals surface area contributed by atoms with Gasteiger partial charge in [-0.05, 0) is 33.8 Å². The number of benzene rings is 1. The van der Waals surface area contributed by atoms with Crippen molar-refractivity contribution in [3.63, 3.8) is 0 Å².